The second-order valence-electron chi connectivity index (χ2n) is 5.63. The summed E-state index contributed by atoms with van der Waals surface area (Å²) in [5, 5.41) is 0. The van der Waals surface area contributed by atoms with Gasteiger partial charge < -0.3 is 4.74 Å². The van der Waals surface area contributed by atoms with Gasteiger partial charge in [-0.05, 0) is 43.3 Å². The van der Waals surface area contributed by atoms with Crippen LogP contribution in [0.3, 0.4) is 0 Å². The zero-order valence-electron chi connectivity index (χ0n) is 14.1. The van der Waals surface area contributed by atoms with E-state index in [1.54, 1.807) is 11.0 Å². The highest BCUT2D eigenvalue weighted by Crippen LogP contribution is 2.37. The van der Waals surface area contributed by atoms with Gasteiger partial charge in [0, 0.05) is 10.0 Å². The van der Waals surface area contributed by atoms with Crippen LogP contribution in [0.2, 0.25) is 0 Å². The third-order valence-corrected chi connectivity index (χ3v) is 5.50. The number of hydrogen-bond donors (Lipinski definition) is 0. The molecule has 0 unspecified atom stereocenters. The molecule has 0 N–H and O–H groups in total. The van der Waals surface area contributed by atoms with Crippen LogP contribution in [0.1, 0.15) is 11.1 Å². The third-order valence-electron chi connectivity index (χ3n) is 3.70. The summed E-state index contributed by atoms with van der Waals surface area (Å²) in [5.74, 6) is 0.562. The molecule has 26 heavy (non-hydrogen) atoms. The fourth-order valence-electron chi connectivity index (χ4n) is 2.44. The predicted octanol–water partition coefficient (Wildman–Crippen LogP) is 5.73. The molecule has 2 aromatic carbocycles. The van der Waals surface area contributed by atoms with Gasteiger partial charge in [-0.1, -0.05) is 70.3 Å². The number of halogens is 1. The maximum Gasteiger partial charge on any atom is 0.270 e. The summed E-state index contributed by atoms with van der Waals surface area (Å²) in [4.78, 5) is 15.0. The Morgan fingerprint density at radius 2 is 2.00 bits per heavy atom. The quantitative estimate of drug-likeness (QED) is 0.334. The molecule has 1 fully saturated rings. The number of thiocarbonyl (C=S) groups is 1. The maximum absolute atomic E-state index is 12.9. The lowest BCUT2D eigenvalue weighted by Gasteiger charge is -2.14. The van der Waals surface area contributed by atoms with Crippen LogP contribution in [-0.4, -0.2) is 16.8 Å². The van der Waals surface area contributed by atoms with Gasteiger partial charge in [0.25, 0.3) is 5.91 Å². The number of nitrogens with zero attached hydrogens (tertiary/aromatic N) is 1. The van der Waals surface area contributed by atoms with Gasteiger partial charge in [0.15, 0.2) is 4.32 Å². The van der Waals surface area contributed by atoms with Gasteiger partial charge in [0.2, 0.25) is 0 Å². The molecule has 1 heterocycles. The van der Waals surface area contributed by atoms with Crippen molar-refractivity contribution in [1.82, 2.24) is 0 Å². The van der Waals surface area contributed by atoms with E-state index in [0.717, 1.165) is 21.3 Å². The summed E-state index contributed by atoms with van der Waals surface area (Å²) in [6, 6.07) is 13.4. The molecule has 0 atom stereocenters. The lowest BCUT2D eigenvalue weighted by molar-refractivity contribution is -0.113. The van der Waals surface area contributed by atoms with Crippen LogP contribution in [-0.2, 0) is 4.79 Å². The van der Waals surface area contributed by atoms with Crippen LogP contribution in [0.15, 0.2) is 64.5 Å². The first-order chi connectivity index (χ1) is 12.5. The second-order valence-corrected chi connectivity index (χ2v) is 8.23. The molecule has 1 amide bonds. The largest absolute Gasteiger partial charge is 0.489 e. The highest BCUT2D eigenvalue weighted by atomic mass is 79.9. The normalized spacial score (nSPS) is 15.6. The van der Waals surface area contributed by atoms with Crippen molar-refractivity contribution >= 4 is 61.9 Å². The summed E-state index contributed by atoms with van der Waals surface area (Å²) in [6.45, 7) is 6.07. The maximum atomic E-state index is 12.9. The lowest BCUT2D eigenvalue weighted by Crippen LogP contribution is -2.27. The Balaban J connectivity index is 1.94. The molecule has 1 aliphatic rings. The van der Waals surface area contributed by atoms with Gasteiger partial charge in [-0.2, -0.15) is 0 Å². The molecule has 0 spiro atoms. The molecule has 1 aliphatic heterocycles. The van der Waals surface area contributed by atoms with Crippen molar-refractivity contribution in [3.05, 3.63) is 75.6 Å². The highest BCUT2D eigenvalue weighted by Gasteiger charge is 2.33. The minimum Gasteiger partial charge on any atom is -0.489 e. The van der Waals surface area contributed by atoms with Gasteiger partial charge in [-0.3, -0.25) is 9.69 Å². The second kappa shape index (κ2) is 8.20. The van der Waals surface area contributed by atoms with Gasteiger partial charge in [-0.25, -0.2) is 0 Å². The summed E-state index contributed by atoms with van der Waals surface area (Å²) < 4.78 is 7.12. The van der Waals surface area contributed by atoms with E-state index in [1.807, 2.05) is 55.5 Å². The Bertz CT molecular complexity index is 907. The molecule has 3 nitrogen and oxygen atoms in total. The van der Waals surface area contributed by atoms with E-state index in [9.17, 15) is 4.79 Å². The molecule has 0 aromatic heterocycles. The zero-order chi connectivity index (χ0) is 18.7. The first-order valence-corrected chi connectivity index (χ1v) is 9.89. The molecular formula is C20H16BrNO2S2. The SMILES string of the molecule is C=CCOc1ccc(Br)cc1/C=C1\SC(=S)N(c2ccc(C)cc2)C1=O. The standard InChI is InChI=1S/C20H16BrNO2S2/c1-3-10-24-17-9-6-15(21)11-14(17)12-18-19(23)22(20(25)26-18)16-7-4-13(2)5-8-16/h3-9,11-12H,1,10H2,2H3/b18-12-. The Morgan fingerprint density at radius 3 is 2.69 bits per heavy atom. The fraction of sp³-hybridized carbons (Fsp3) is 0.100. The van der Waals surface area contributed by atoms with Crippen LogP contribution in [0.5, 0.6) is 5.75 Å². The van der Waals surface area contributed by atoms with E-state index >= 15 is 0 Å². The van der Waals surface area contributed by atoms with Crippen molar-refractivity contribution in [3.63, 3.8) is 0 Å². The molecule has 0 radical (unpaired) electrons. The van der Waals surface area contributed by atoms with Crippen LogP contribution in [0, 0.1) is 6.92 Å². The van der Waals surface area contributed by atoms with Crippen molar-refractivity contribution in [3.8, 4) is 5.75 Å². The number of amides is 1. The number of thioether (sulfide) groups is 1. The van der Waals surface area contributed by atoms with Gasteiger partial charge in [-0.15, -0.1) is 0 Å². The minimum atomic E-state index is -0.126. The van der Waals surface area contributed by atoms with Crippen molar-refractivity contribution < 1.29 is 9.53 Å². The van der Waals surface area contributed by atoms with Crippen LogP contribution < -0.4 is 9.64 Å². The Labute approximate surface area is 170 Å². The van der Waals surface area contributed by atoms with Gasteiger partial charge in [0.1, 0.15) is 12.4 Å². The Hall–Kier alpha value is -1.89. The number of aryl methyl sites for hydroxylation is 1. The highest BCUT2D eigenvalue weighted by molar-refractivity contribution is 9.10. The number of ether oxygens (including phenoxy) is 1. The van der Waals surface area contributed by atoms with Crippen molar-refractivity contribution in [2.75, 3.05) is 11.5 Å². The fourth-order valence-corrected chi connectivity index (χ4v) is 4.11. The summed E-state index contributed by atoms with van der Waals surface area (Å²) in [6.07, 6.45) is 3.50. The number of carbonyl (C=O) groups is 1. The smallest absolute Gasteiger partial charge is 0.270 e. The molecule has 6 heteroatoms. The van der Waals surface area contributed by atoms with Crippen LogP contribution in [0.25, 0.3) is 6.08 Å². The first-order valence-electron chi connectivity index (χ1n) is 7.87. The topological polar surface area (TPSA) is 29.5 Å². The molecule has 2 aromatic rings. The lowest BCUT2D eigenvalue weighted by atomic mass is 10.1. The van der Waals surface area contributed by atoms with Gasteiger partial charge in [0.05, 0.1) is 10.6 Å². The van der Waals surface area contributed by atoms with E-state index in [-0.39, 0.29) is 5.91 Å². The van der Waals surface area contributed by atoms with Crippen molar-refractivity contribution in [2.45, 2.75) is 6.92 Å². The number of benzene rings is 2. The first kappa shape index (κ1) is 18.9. The molecule has 0 bridgehead atoms. The monoisotopic (exact) mass is 445 g/mol. The van der Waals surface area contributed by atoms with E-state index in [1.165, 1.54) is 11.8 Å². The van der Waals surface area contributed by atoms with Gasteiger partial charge >= 0.3 is 0 Å². The summed E-state index contributed by atoms with van der Waals surface area (Å²) in [5.41, 5.74) is 2.72. The van der Waals surface area contributed by atoms with E-state index in [2.05, 4.69) is 22.5 Å². The molecule has 3 rings (SSSR count). The van der Waals surface area contributed by atoms with Crippen LogP contribution >= 0.6 is 39.9 Å². The Kier molecular flexibility index (Phi) is 5.96. The number of rotatable bonds is 5. The molecule has 132 valence electrons. The Morgan fingerprint density at radius 1 is 1.27 bits per heavy atom. The molecule has 1 saturated heterocycles. The average molecular weight is 446 g/mol. The third kappa shape index (κ3) is 4.09. The van der Waals surface area contributed by atoms with Crippen molar-refractivity contribution in [2.24, 2.45) is 0 Å². The van der Waals surface area contributed by atoms with E-state index in [4.69, 9.17) is 17.0 Å². The zero-order valence-corrected chi connectivity index (χ0v) is 17.3. The number of carbonyl (C=O) groups excluding carboxylic acids is 1. The van der Waals surface area contributed by atoms with E-state index < -0.39 is 0 Å². The summed E-state index contributed by atoms with van der Waals surface area (Å²) in [7, 11) is 0. The minimum absolute atomic E-state index is 0.126. The van der Waals surface area contributed by atoms with Crippen LogP contribution in [0.4, 0.5) is 5.69 Å². The summed E-state index contributed by atoms with van der Waals surface area (Å²) >= 11 is 10.2. The number of anilines is 1. The molecular weight excluding hydrogens is 430 g/mol. The van der Waals surface area contributed by atoms with Crippen molar-refractivity contribution in [1.29, 1.82) is 0 Å². The average Bonchev–Trinajstić information content (AvgIpc) is 2.89. The molecule has 0 aliphatic carbocycles. The molecule has 0 saturated carbocycles. The number of hydrogen-bond acceptors (Lipinski definition) is 4. The predicted molar refractivity (Wildman–Crippen MR) is 117 cm³/mol. The van der Waals surface area contributed by atoms with E-state index in [0.29, 0.717) is 21.6 Å².